The van der Waals surface area contributed by atoms with Gasteiger partial charge in [0, 0.05) is 23.2 Å². The van der Waals surface area contributed by atoms with Crippen molar-refractivity contribution in [3.8, 4) is 11.3 Å². The van der Waals surface area contributed by atoms with Gasteiger partial charge in [0.25, 0.3) is 0 Å². The van der Waals surface area contributed by atoms with E-state index in [0.29, 0.717) is 22.6 Å². The van der Waals surface area contributed by atoms with Crippen LogP contribution in [0, 0.1) is 12.7 Å². The number of nitrogens with two attached hydrogens (primary N) is 1. The molecular formula is C11H11BrFN3. The van der Waals surface area contributed by atoms with E-state index in [2.05, 4.69) is 21.0 Å². The SMILES string of the molecule is Cc1cc(Br)cc(-c2cc(N)n(C)n2)c1F. The molecule has 0 amide bonds. The Kier molecular flexibility index (Phi) is 2.71. The lowest BCUT2D eigenvalue weighted by Gasteiger charge is -2.03. The second-order valence-corrected chi connectivity index (χ2v) is 4.58. The molecule has 0 radical (unpaired) electrons. The van der Waals surface area contributed by atoms with Gasteiger partial charge in [0.05, 0.1) is 5.69 Å². The molecule has 0 aliphatic rings. The summed E-state index contributed by atoms with van der Waals surface area (Å²) in [5.74, 6) is 0.244. The van der Waals surface area contributed by atoms with Crippen molar-refractivity contribution in [3.63, 3.8) is 0 Å². The van der Waals surface area contributed by atoms with E-state index >= 15 is 0 Å². The van der Waals surface area contributed by atoms with Gasteiger partial charge in [-0.05, 0) is 24.6 Å². The average molecular weight is 284 g/mol. The number of aryl methyl sites for hydroxylation is 2. The molecule has 3 nitrogen and oxygen atoms in total. The van der Waals surface area contributed by atoms with Crippen LogP contribution in [0.5, 0.6) is 0 Å². The molecule has 2 N–H and O–H groups in total. The van der Waals surface area contributed by atoms with Crippen molar-refractivity contribution in [2.24, 2.45) is 7.05 Å². The first-order chi connectivity index (χ1) is 7.49. The van der Waals surface area contributed by atoms with Crippen molar-refractivity contribution in [3.05, 3.63) is 34.1 Å². The van der Waals surface area contributed by atoms with Crippen LogP contribution in [-0.4, -0.2) is 9.78 Å². The predicted octanol–water partition coefficient (Wildman–Crippen LogP) is 2.88. The average Bonchev–Trinajstić information content (AvgIpc) is 2.53. The Bertz CT molecular complexity index is 529. The number of nitrogens with zero attached hydrogens (tertiary/aromatic N) is 2. The Labute approximate surface area is 101 Å². The molecule has 0 saturated carbocycles. The zero-order chi connectivity index (χ0) is 11.9. The first kappa shape index (κ1) is 11.1. The molecule has 0 saturated heterocycles. The molecule has 84 valence electrons. The highest BCUT2D eigenvalue weighted by atomic mass is 79.9. The summed E-state index contributed by atoms with van der Waals surface area (Å²) in [6.07, 6.45) is 0. The summed E-state index contributed by atoms with van der Waals surface area (Å²) in [5.41, 5.74) is 7.25. The maximum atomic E-state index is 13.9. The fourth-order valence-electron chi connectivity index (χ4n) is 1.53. The summed E-state index contributed by atoms with van der Waals surface area (Å²) >= 11 is 3.34. The molecule has 1 aromatic carbocycles. The molecule has 2 rings (SSSR count). The maximum absolute atomic E-state index is 13.9. The molecule has 0 bridgehead atoms. The van der Waals surface area contributed by atoms with Gasteiger partial charge in [-0.15, -0.1) is 0 Å². The molecule has 0 spiro atoms. The van der Waals surface area contributed by atoms with Crippen LogP contribution in [0.2, 0.25) is 0 Å². The Morgan fingerprint density at radius 3 is 2.62 bits per heavy atom. The third-order valence-corrected chi connectivity index (χ3v) is 2.87. The number of aromatic nitrogens is 2. The number of hydrogen-bond donors (Lipinski definition) is 1. The molecule has 1 aromatic heterocycles. The number of rotatable bonds is 1. The lowest BCUT2D eigenvalue weighted by atomic mass is 10.1. The van der Waals surface area contributed by atoms with Crippen LogP contribution >= 0.6 is 15.9 Å². The van der Waals surface area contributed by atoms with E-state index in [1.807, 2.05) is 0 Å². The number of nitrogen functional groups attached to an aromatic ring is 1. The number of halogens is 2. The highest BCUT2D eigenvalue weighted by Gasteiger charge is 2.12. The van der Waals surface area contributed by atoms with Crippen LogP contribution in [0.1, 0.15) is 5.56 Å². The van der Waals surface area contributed by atoms with Gasteiger partial charge in [-0.2, -0.15) is 5.10 Å². The molecule has 5 heteroatoms. The molecule has 0 atom stereocenters. The van der Waals surface area contributed by atoms with Gasteiger partial charge < -0.3 is 5.73 Å². The zero-order valence-electron chi connectivity index (χ0n) is 8.96. The molecule has 0 aliphatic heterocycles. The maximum Gasteiger partial charge on any atom is 0.135 e. The van der Waals surface area contributed by atoms with E-state index in [1.165, 1.54) is 4.68 Å². The van der Waals surface area contributed by atoms with E-state index in [-0.39, 0.29) is 5.82 Å². The summed E-state index contributed by atoms with van der Waals surface area (Å²) in [4.78, 5) is 0. The summed E-state index contributed by atoms with van der Waals surface area (Å²) in [7, 11) is 1.72. The molecule has 0 fully saturated rings. The predicted molar refractivity (Wildman–Crippen MR) is 65.5 cm³/mol. The van der Waals surface area contributed by atoms with Crippen molar-refractivity contribution < 1.29 is 4.39 Å². The van der Waals surface area contributed by atoms with Crippen LogP contribution in [0.4, 0.5) is 10.2 Å². The van der Waals surface area contributed by atoms with E-state index in [4.69, 9.17) is 5.73 Å². The van der Waals surface area contributed by atoms with Gasteiger partial charge in [0.15, 0.2) is 0 Å². The fraction of sp³-hybridized carbons (Fsp3) is 0.182. The van der Waals surface area contributed by atoms with Gasteiger partial charge >= 0.3 is 0 Å². The third-order valence-electron chi connectivity index (χ3n) is 2.41. The lowest BCUT2D eigenvalue weighted by molar-refractivity contribution is 0.620. The zero-order valence-corrected chi connectivity index (χ0v) is 10.5. The van der Waals surface area contributed by atoms with Crippen molar-refractivity contribution in [1.29, 1.82) is 0 Å². The van der Waals surface area contributed by atoms with Crippen molar-refractivity contribution in [1.82, 2.24) is 9.78 Å². The van der Waals surface area contributed by atoms with Crippen molar-refractivity contribution >= 4 is 21.7 Å². The van der Waals surface area contributed by atoms with E-state index in [0.717, 1.165) is 4.47 Å². The molecule has 1 heterocycles. The summed E-state index contributed by atoms with van der Waals surface area (Å²) in [6, 6.07) is 5.08. The number of benzene rings is 1. The van der Waals surface area contributed by atoms with E-state index < -0.39 is 0 Å². The monoisotopic (exact) mass is 283 g/mol. The lowest BCUT2D eigenvalue weighted by Crippen LogP contribution is -1.97. The highest BCUT2D eigenvalue weighted by Crippen LogP contribution is 2.28. The van der Waals surface area contributed by atoms with Crippen LogP contribution in [0.3, 0.4) is 0 Å². The minimum atomic E-state index is -0.263. The van der Waals surface area contributed by atoms with Gasteiger partial charge in [-0.25, -0.2) is 4.39 Å². The quantitative estimate of drug-likeness (QED) is 0.875. The summed E-state index contributed by atoms with van der Waals surface area (Å²) in [6.45, 7) is 1.72. The molecule has 2 aromatic rings. The van der Waals surface area contributed by atoms with Crippen LogP contribution in [0.15, 0.2) is 22.7 Å². The Morgan fingerprint density at radius 1 is 1.38 bits per heavy atom. The number of anilines is 1. The Hall–Kier alpha value is -1.36. The van der Waals surface area contributed by atoms with Gasteiger partial charge in [0.1, 0.15) is 11.6 Å². The minimum Gasteiger partial charge on any atom is -0.384 e. The summed E-state index contributed by atoms with van der Waals surface area (Å²) in [5, 5.41) is 4.15. The molecular weight excluding hydrogens is 273 g/mol. The first-order valence-electron chi connectivity index (χ1n) is 4.74. The topological polar surface area (TPSA) is 43.8 Å². The van der Waals surface area contributed by atoms with Gasteiger partial charge in [-0.1, -0.05) is 15.9 Å². The summed E-state index contributed by atoms with van der Waals surface area (Å²) < 4.78 is 16.2. The van der Waals surface area contributed by atoms with Crippen molar-refractivity contribution in [2.45, 2.75) is 6.92 Å². The minimum absolute atomic E-state index is 0.263. The smallest absolute Gasteiger partial charge is 0.135 e. The third kappa shape index (κ3) is 1.82. The fourth-order valence-corrected chi connectivity index (χ4v) is 2.10. The number of hydrogen-bond acceptors (Lipinski definition) is 2. The van der Waals surface area contributed by atoms with Crippen LogP contribution in [-0.2, 0) is 7.05 Å². The standard InChI is InChI=1S/C11H11BrFN3/c1-6-3-7(12)4-8(11(6)13)9-5-10(14)16(2)15-9/h3-5H,14H2,1-2H3. The second-order valence-electron chi connectivity index (χ2n) is 3.66. The first-order valence-corrected chi connectivity index (χ1v) is 5.54. The van der Waals surface area contributed by atoms with E-state index in [9.17, 15) is 4.39 Å². The highest BCUT2D eigenvalue weighted by molar-refractivity contribution is 9.10. The van der Waals surface area contributed by atoms with Crippen LogP contribution < -0.4 is 5.73 Å². The molecule has 0 unspecified atom stereocenters. The normalized spacial score (nSPS) is 10.8. The molecule has 16 heavy (non-hydrogen) atoms. The van der Waals surface area contributed by atoms with Gasteiger partial charge in [0.2, 0.25) is 0 Å². The largest absolute Gasteiger partial charge is 0.384 e. The Morgan fingerprint density at radius 2 is 2.06 bits per heavy atom. The Balaban J connectivity index is 2.63. The van der Waals surface area contributed by atoms with E-state index in [1.54, 1.807) is 32.2 Å². The van der Waals surface area contributed by atoms with Crippen molar-refractivity contribution in [2.75, 3.05) is 5.73 Å². The molecule has 0 aliphatic carbocycles. The van der Waals surface area contributed by atoms with Gasteiger partial charge in [-0.3, -0.25) is 4.68 Å². The second kappa shape index (κ2) is 3.90. The van der Waals surface area contributed by atoms with Crippen LogP contribution in [0.25, 0.3) is 11.3 Å².